The zero-order valence-corrected chi connectivity index (χ0v) is 8.16. The number of rotatable bonds is 1. The normalized spacial score (nSPS) is 22.1. The van der Waals surface area contributed by atoms with Crippen LogP contribution in [0.3, 0.4) is 0 Å². The van der Waals surface area contributed by atoms with Crippen LogP contribution in [-0.2, 0) is 0 Å². The molecule has 1 aromatic carbocycles. The van der Waals surface area contributed by atoms with Gasteiger partial charge in [0.15, 0.2) is 0 Å². The standard InChI is InChI=1S/C11H16N2O/c12-10-6-8(3-4-11(10)14)9-2-1-5-13-7-9/h3-4,6,9,13-14H,1-2,5,7,12H2/t9-/m0/s1. The fourth-order valence-electron chi connectivity index (χ4n) is 1.96. The summed E-state index contributed by atoms with van der Waals surface area (Å²) in [5, 5.41) is 12.7. The van der Waals surface area contributed by atoms with Crippen molar-refractivity contribution < 1.29 is 5.11 Å². The average Bonchev–Trinajstić information content (AvgIpc) is 2.23. The van der Waals surface area contributed by atoms with E-state index < -0.39 is 0 Å². The van der Waals surface area contributed by atoms with Gasteiger partial charge in [-0.25, -0.2) is 0 Å². The van der Waals surface area contributed by atoms with Crippen molar-refractivity contribution in [3.8, 4) is 5.75 Å². The first-order valence-corrected chi connectivity index (χ1v) is 5.06. The molecule has 1 aromatic rings. The lowest BCUT2D eigenvalue weighted by molar-refractivity contribution is 0.458. The van der Waals surface area contributed by atoms with Gasteiger partial charge in [0.05, 0.1) is 5.69 Å². The molecule has 1 fully saturated rings. The van der Waals surface area contributed by atoms with E-state index >= 15 is 0 Å². The maximum Gasteiger partial charge on any atom is 0.138 e. The van der Waals surface area contributed by atoms with Crippen LogP contribution in [0.15, 0.2) is 18.2 Å². The number of hydrogen-bond acceptors (Lipinski definition) is 3. The summed E-state index contributed by atoms with van der Waals surface area (Å²) in [4.78, 5) is 0. The fourth-order valence-corrected chi connectivity index (χ4v) is 1.96. The molecule has 3 heteroatoms. The largest absolute Gasteiger partial charge is 0.506 e. The summed E-state index contributed by atoms with van der Waals surface area (Å²) in [5.74, 6) is 0.726. The van der Waals surface area contributed by atoms with Gasteiger partial charge < -0.3 is 16.2 Å². The van der Waals surface area contributed by atoms with Gasteiger partial charge in [0.2, 0.25) is 0 Å². The molecule has 4 N–H and O–H groups in total. The summed E-state index contributed by atoms with van der Waals surface area (Å²) in [7, 11) is 0. The first-order valence-electron chi connectivity index (χ1n) is 5.06. The van der Waals surface area contributed by atoms with Gasteiger partial charge in [0, 0.05) is 6.54 Å². The highest BCUT2D eigenvalue weighted by Gasteiger charge is 2.15. The van der Waals surface area contributed by atoms with Crippen molar-refractivity contribution in [2.75, 3.05) is 18.8 Å². The van der Waals surface area contributed by atoms with Gasteiger partial charge in [-0.05, 0) is 43.0 Å². The van der Waals surface area contributed by atoms with Crippen LogP contribution >= 0.6 is 0 Å². The highest BCUT2D eigenvalue weighted by molar-refractivity contribution is 5.53. The summed E-state index contributed by atoms with van der Waals surface area (Å²) >= 11 is 0. The fraction of sp³-hybridized carbons (Fsp3) is 0.455. The molecule has 0 saturated carbocycles. The van der Waals surface area contributed by atoms with Crippen LogP contribution in [0.2, 0.25) is 0 Å². The number of hydrogen-bond donors (Lipinski definition) is 3. The Morgan fingerprint density at radius 2 is 2.29 bits per heavy atom. The van der Waals surface area contributed by atoms with Crippen LogP contribution in [-0.4, -0.2) is 18.2 Å². The van der Waals surface area contributed by atoms with Crippen molar-refractivity contribution in [1.82, 2.24) is 5.32 Å². The molecule has 1 aliphatic rings. The molecule has 0 unspecified atom stereocenters. The van der Waals surface area contributed by atoms with E-state index in [4.69, 9.17) is 5.73 Å². The molecule has 0 aromatic heterocycles. The zero-order valence-electron chi connectivity index (χ0n) is 8.16. The number of aromatic hydroxyl groups is 1. The minimum atomic E-state index is 0.178. The smallest absolute Gasteiger partial charge is 0.138 e. The zero-order chi connectivity index (χ0) is 9.97. The SMILES string of the molecule is Nc1cc([C@H]2CCCNC2)ccc1O. The third-order valence-electron chi connectivity index (χ3n) is 2.82. The number of nitrogens with one attached hydrogen (secondary N) is 1. The van der Waals surface area contributed by atoms with E-state index in [0.29, 0.717) is 11.6 Å². The number of phenolic OH excluding ortho intramolecular Hbond substituents is 1. The quantitative estimate of drug-likeness (QED) is 0.466. The highest BCUT2D eigenvalue weighted by Crippen LogP contribution is 2.28. The monoisotopic (exact) mass is 192 g/mol. The van der Waals surface area contributed by atoms with Gasteiger partial charge in [0.25, 0.3) is 0 Å². The third-order valence-corrected chi connectivity index (χ3v) is 2.82. The molecule has 0 bridgehead atoms. The summed E-state index contributed by atoms with van der Waals surface area (Å²) in [5.41, 5.74) is 7.37. The van der Waals surface area contributed by atoms with E-state index in [1.165, 1.54) is 18.4 Å². The van der Waals surface area contributed by atoms with Crippen LogP contribution in [0.4, 0.5) is 5.69 Å². The molecule has 1 saturated heterocycles. The minimum Gasteiger partial charge on any atom is -0.506 e. The van der Waals surface area contributed by atoms with E-state index in [9.17, 15) is 5.11 Å². The second-order valence-corrected chi connectivity index (χ2v) is 3.86. The summed E-state index contributed by atoms with van der Waals surface area (Å²) in [6, 6.07) is 5.52. The van der Waals surface area contributed by atoms with Crippen LogP contribution in [0.5, 0.6) is 5.75 Å². The number of nitrogen functional groups attached to an aromatic ring is 1. The van der Waals surface area contributed by atoms with Gasteiger partial charge in [0.1, 0.15) is 5.75 Å². The van der Waals surface area contributed by atoms with Crippen molar-refractivity contribution in [3.63, 3.8) is 0 Å². The Hall–Kier alpha value is -1.22. The topological polar surface area (TPSA) is 58.3 Å². The second kappa shape index (κ2) is 3.88. The number of benzene rings is 1. The van der Waals surface area contributed by atoms with Crippen molar-refractivity contribution in [2.45, 2.75) is 18.8 Å². The molecular formula is C11H16N2O. The first-order chi connectivity index (χ1) is 6.77. The van der Waals surface area contributed by atoms with Crippen LogP contribution in [0.1, 0.15) is 24.3 Å². The third kappa shape index (κ3) is 1.82. The van der Waals surface area contributed by atoms with E-state index in [0.717, 1.165) is 13.1 Å². The molecule has 3 nitrogen and oxygen atoms in total. The van der Waals surface area contributed by atoms with Gasteiger partial charge in [-0.1, -0.05) is 6.07 Å². The molecule has 1 atom stereocenters. The average molecular weight is 192 g/mol. The molecule has 2 rings (SSSR count). The summed E-state index contributed by atoms with van der Waals surface area (Å²) in [6.07, 6.45) is 2.42. The van der Waals surface area contributed by atoms with Crippen molar-refractivity contribution in [1.29, 1.82) is 0 Å². The van der Waals surface area contributed by atoms with Crippen LogP contribution in [0.25, 0.3) is 0 Å². The second-order valence-electron chi connectivity index (χ2n) is 3.86. The Labute approximate surface area is 83.9 Å². The number of anilines is 1. The Morgan fingerprint density at radius 1 is 1.43 bits per heavy atom. The van der Waals surface area contributed by atoms with E-state index in [-0.39, 0.29) is 5.75 Å². The van der Waals surface area contributed by atoms with Crippen LogP contribution in [0, 0.1) is 0 Å². The molecule has 0 spiro atoms. The number of nitrogens with two attached hydrogens (primary N) is 1. The molecule has 0 aliphatic carbocycles. The van der Waals surface area contributed by atoms with Crippen LogP contribution < -0.4 is 11.1 Å². The lowest BCUT2D eigenvalue weighted by Crippen LogP contribution is -2.28. The maximum absolute atomic E-state index is 9.30. The van der Waals surface area contributed by atoms with Gasteiger partial charge >= 0.3 is 0 Å². The van der Waals surface area contributed by atoms with Gasteiger partial charge in [-0.15, -0.1) is 0 Å². The van der Waals surface area contributed by atoms with Gasteiger partial charge in [-0.3, -0.25) is 0 Å². The molecular weight excluding hydrogens is 176 g/mol. The number of phenols is 1. The van der Waals surface area contributed by atoms with Crippen molar-refractivity contribution in [3.05, 3.63) is 23.8 Å². The lowest BCUT2D eigenvalue weighted by Gasteiger charge is -2.23. The number of piperidine rings is 1. The molecule has 1 aliphatic heterocycles. The predicted octanol–water partition coefficient (Wildman–Crippen LogP) is 1.44. The Balaban J connectivity index is 2.18. The van der Waals surface area contributed by atoms with E-state index in [1.54, 1.807) is 6.07 Å². The summed E-state index contributed by atoms with van der Waals surface area (Å²) in [6.45, 7) is 2.13. The molecule has 0 amide bonds. The highest BCUT2D eigenvalue weighted by atomic mass is 16.3. The Bertz CT molecular complexity index is 319. The van der Waals surface area contributed by atoms with Gasteiger partial charge in [-0.2, -0.15) is 0 Å². The minimum absolute atomic E-state index is 0.178. The Kier molecular flexibility index (Phi) is 2.59. The van der Waals surface area contributed by atoms with E-state index in [1.807, 2.05) is 12.1 Å². The molecule has 1 heterocycles. The maximum atomic E-state index is 9.30. The van der Waals surface area contributed by atoms with Crippen molar-refractivity contribution >= 4 is 5.69 Å². The molecule has 0 radical (unpaired) electrons. The van der Waals surface area contributed by atoms with E-state index in [2.05, 4.69) is 5.32 Å². The molecule has 76 valence electrons. The summed E-state index contributed by atoms with van der Waals surface area (Å²) < 4.78 is 0. The predicted molar refractivity (Wildman–Crippen MR) is 57.4 cm³/mol. The van der Waals surface area contributed by atoms with Crippen molar-refractivity contribution in [2.24, 2.45) is 0 Å². The first kappa shape index (κ1) is 9.34. The Morgan fingerprint density at radius 3 is 2.93 bits per heavy atom. The lowest BCUT2D eigenvalue weighted by atomic mass is 9.91. The molecule has 14 heavy (non-hydrogen) atoms.